The summed E-state index contributed by atoms with van der Waals surface area (Å²) in [6.07, 6.45) is 1.71. The van der Waals surface area contributed by atoms with Crippen molar-refractivity contribution in [3.05, 3.63) is 53.7 Å². The summed E-state index contributed by atoms with van der Waals surface area (Å²) in [6.45, 7) is 0.716. The van der Waals surface area contributed by atoms with Crippen LogP contribution in [0.5, 0.6) is 0 Å². The van der Waals surface area contributed by atoms with Crippen LogP contribution in [0.25, 0.3) is 0 Å². The molecule has 0 N–H and O–H groups in total. The Morgan fingerprint density at radius 3 is 2.65 bits per heavy atom. The van der Waals surface area contributed by atoms with Crippen molar-refractivity contribution in [3.8, 4) is 6.07 Å². The van der Waals surface area contributed by atoms with Crippen LogP contribution < -0.4 is 9.80 Å². The number of nitrogens with zero attached hydrogens (tertiary/aromatic N) is 4. The smallest absolute Gasteiger partial charge is 0.146 e. The third kappa shape index (κ3) is 3.07. The van der Waals surface area contributed by atoms with E-state index in [-0.39, 0.29) is 0 Å². The van der Waals surface area contributed by atoms with Crippen LogP contribution in [0.3, 0.4) is 0 Å². The Morgan fingerprint density at radius 2 is 1.95 bits per heavy atom. The zero-order valence-electron chi connectivity index (χ0n) is 12.0. The van der Waals surface area contributed by atoms with Gasteiger partial charge in [0.15, 0.2) is 0 Å². The minimum absolute atomic E-state index is 0.596. The van der Waals surface area contributed by atoms with E-state index < -0.39 is 0 Å². The molecule has 2 rings (SSSR count). The second kappa shape index (κ2) is 6.07. The highest BCUT2D eigenvalue weighted by Crippen LogP contribution is 2.19. The maximum absolute atomic E-state index is 9.13. The van der Waals surface area contributed by atoms with E-state index in [1.165, 1.54) is 5.56 Å². The number of aromatic nitrogens is 1. The Hall–Kier alpha value is -2.54. The molecule has 1 aromatic heterocycles. The normalized spacial score (nSPS) is 9.90. The molecular formula is C16H18N4. The second-order valence-corrected chi connectivity index (χ2v) is 4.91. The molecule has 0 saturated heterocycles. The SMILES string of the molecule is CN(C)c1cccc(CN(C)c2ncccc2C#N)c1. The maximum atomic E-state index is 9.13. The summed E-state index contributed by atoms with van der Waals surface area (Å²) in [5, 5.41) is 9.13. The molecule has 2 aromatic rings. The van der Waals surface area contributed by atoms with Crippen LogP contribution >= 0.6 is 0 Å². The van der Waals surface area contributed by atoms with E-state index in [1.54, 1.807) is 18.3 Å². The number of rotatable bonds is 4. The summed E-state index contributed by atoms with van der Waals surface area (Å²) in [5.74, 6) is 0.713. The lowest BCUT2D eigenvalue weighted by atomic mass is 10.1. The molecule has 4 nitrogen and oxygen atoms in total. The third-order valence-corrected chi connectivity index (χ3v) is 3.12. The molecule has 1 heterocycles. The van der Waals surface area contributed by atoms with Crippen LogP contribution in [-0.2, 0) is 6.54 Å². The summed E-state index contributed by atoms with van der Waals surface area (Å²) in [7, 11) is 6.00. The highest BCUT2D eigenvalue weighted by atomic mass is 15.2. The summed E-state index contributed by atoms with van der Waals surface area (Å²) in [5.41, 5.74) is 2.95. The molecule has 4 heteroatoms. The number of pyridine rings is 1. The molecule has 0 aliphatic rings. The number of hydrogen-bond donors (Lipinski definition) is 0. The fourth-order valence-corrected chi connectivity index (χ4v) is 2.07. The van der Waals surface area contributed by atoms with Crippen LogP contribution in [0.2, 0.25) is 0 Å². The first-order chi connectivity index (χ1) is 9.61. The zero-order chi connectivity index (χ0) is 14.5. The van der Waals surface area contributed by atoms with E-state index in [1.807, 2.05) is 32.1 Å². The van der Waals surface area contributed by atoms with Crippen LogP contribution in [0, 0.1) is 11.3 Å². The van der Waals surface area contributed by atoms with Crippen LogP contribution in [0.1, 0.15) is 11.1 Å². The van der Waals surface area contributed by atoms with Gasteiger partial charge in [-0.2, -0.15) is 5.26 Å². The van der Waals surface area contributed by atoms with E-state index in [2.05, 4.69) is 34.2 Å². The van der Waals surface area contributed by atoms with Crippen LogP contribution in [0.4, 0.5) is 11.5 Å². The summed E-state index contributed by atoms with van der Waals surface area (Å²) in [4.78, 5) is 8.36. The molecule has 0 bridgehead atoms. The molecule has 0 radical (unpaired) electrons. The van der Waals surface area contributed by atoms with E-state index >= 15 is 0 Å². The molecule has 1 aromatic carbocycles. The van der Waals surface area contributed by atoms with Crippen LogP contribution in [0.15, 0.2) is 42.6 Å². The van der Waals surface area contributed by atoms with E-state index in [9.17, 15) is 0 Å². The molecular weight excluding hydrogens is 248 g/mol. The maximum Gasteiger partial charge on any atom is 0.146 e. The van der Waals surface area contributed by atoms with Gasteiger partial charge in [0.25, 0.3) is 0 Å². The molecule has 0 saturated carbocycles. The monoisotopic (exact) mass is 266 g/mol. The summed E-state index contributed by atoms with van der Waals surface area (Å²) < 4.78 is 0. The van der Waals surface area contributed by atoms with Crippen molar-refractivity contribution in [2.45, 2.75) is 6.54 Å². The Balaban J connectivity index is 2.22. The quantitative estimate of drug-likeness (QED) is 0.853. The number of benzene rings is 1. The Morgan fingerprint density at radius 1 is 1.15 bits per heavy atom. The summed E-state index contributed by atoms with van der Waals surface area (Å²) in [6, 6.07) is 14.1. The fraction of sp³-hybridized carbons (Fsp3) is 0.250. The molecule has 0 atom stereocenters. The predicted molar refractivity (Wildman–Crippen MR) is 81.8 cm³/mol. The Kier molecular flexibility index (Phi) is 4.21. The van der Waals surface area contributed by atoms with Gasteiger partial charge in [-0.15, -0.1) is 0 Å². The topological polar surface area (TPSA) is 43.2 Å². The van der Waals surface area contributed by atoms with Gasteiger partial charge >= 0.3 is 0 Å². The Bertz CT molecular complexity index is 628. The second-order valence-electron chi connectivity index (χ2n) is 4.91. The minimum Gasteiger partial charge on any atom is -0.378 e. The van der Waals surface area contributed by atoms with Crippen molar-refractivity contribution in [2.24, 2.45) is 0 Å². The lowest BCUT2D eigenvalue weighted by molar-refractivity contribution is 0.894. The molecule has 0 spiro atoms. The standard InChI is InChI=1S/C16H18N4/c1-19(2)15-8-4-6-13(10-15)12-20(3)16-14(11-17)7-5-9-18-16/h4-10H,12H2,1-3H3. The molecule has 0 aliphatic carbocycles. The van der Waals surface area contributed by atoms with Crippen molar-refractivity contribution in [1.82, 2.24) is 4.98 Å². The van der Waals surface area contributed by atoms with E-state index in [0.29, 0.717) is 17.9 Å². The van der Waals surface area contributed by atoms with Gasteiger partial charge in [-0.05, 0) is 29.8 Å². The lowest BCUT2D eigenvalue weighted by Crippen LogP contribution is -2.19. The minimum atomic E-state index is 0.596. The summed E-state index contributed by atoms with van der Waals surface area (Å²) >= 11 is 0. The van der Waals surface area contributed by atoms with Crippen molar-refractivity contribution < 1.29 is 0 Å². The third-order valence-electron chi connectivity index (χ3n) is 3.12. The molecule has 102 valence electrons. The highest BCUT2D eigenvalue weighted by molar-refractivity contribution is 5.54. The van der Waals surface area contributed by atoms with Gasteiger partial charge < -0.3 is 9.80 Å². The van der Waals surface area contributed by atoms with Gasteiger partial charge in [-0.25, -0.2) is 4.98 Å². The number of nitriles is 1. The molecule has 0 unspecified atom stereocenters. The Labute approximate surface area is 119 Å². The molecule has 20 heavy (non-hydrogen) atoms. The first-order valence-electron chi connectivity index (χ1n) is 6.44. The molecule has 0 amide bonds. The fourth-order valence-electron chi connectivity index (χ4n) is 2.07. The average molecular weight is 266 g/mol. The van der Waals surface area contributed by atoms with Gasteiger partial charge in [0.2, 0.25) is 0 Å². The number of anilines is 2. The van der Waals surface area contributed by atoms with Crippen molar-refractivity contribution in [2.75, 3.05) is 30.9 Å². The average Bonchev–Trinajstić information content (AvgIpc) is 2.47. The van der Waals surface area contributed by atoms with Crippen molar-refractivity contribution in [1.29, 1.82) is 5.26 Å². The van der Waals surface area contributed by atoms with Gasteiger partial charge in [0, 0.05) is 39.6 Å². The molecule has 0 fully saturated rings. The van der Waals surface area contributed by atoms with Gasteiger partial charge in [0.1, 0.15) is 11.9 Å². The van der Waals surface area contributed by atoms with Gasteiger partial charge in [-0.1, -0.05) is 12.1 Å². The van der Waals surface area contributed by atoms with E-state index in [0.717, 1.165) is 5.69 Å². The predicted octanol–water partition coefficient (Wildman–Crippen LogP) is 2.66. The van der Waals surface area contributed by atoms with Crippen molar-refractivity contribution >= 4 is 11.5 Å². The van der Waals surface area contributed by atoms with E-state index in [4.69, 9.17) is 5.26 Å². The first kappa shape index (κ1) is 13.9. The van der Waals surface area contributed by atoms with Gasteiger partial charge in [0.05, 0.1) is 5.56 Å². The molecule has 0 aliphatic heterocycles. The first-order valence-corrected chi connectivity index (χ1v) is 6.44. The number of hydrogen-bond acceptors (Lipinski definition) is 4. The lowest BCUT2D eigenvalue weighted by Gasteiger charge is -2.20. The van der Waals surface area contributed by atoms with Crippen LogP contribution in [-0.4, -0.2) is 26.1 Å². The van der Waals surface area contributed by atoms with Gasteiger partial charge in [-0.3, -0.25) is 0 Å². The highest BCUT2D eigenvalue weighted by Gasteiger charge is 2.09. The largest absolute Gasteiger partial charge is 0.378 e. The van der Waals surface area contributed by atoms with Crippen molar-refractivity contribution in [3.63, 3.8) is 0 Å². The zero-order valence-corrected chi connectivity index (χ0v) is 12.0.